The molecule has 1 aromatic heterocycles. The van der Waals surface area contributed by atoms with Crippen molar-refractivity contribution in [2.75, 3.05) is 23.0 Å². The van der Waals surface area contributed by atoms with Crippen LogP contribution < -0.4 is 9.91 Å². The number of fused-ring (bicyclic) bond motifs is 2. The van der Waals surface area contributed by atoms with E-state index in [-0.39, 0.29) is 5.91 Å². The number of carbonyl (C=O) groups excluding carboxylic acids is 1. The SMILES string of the molecule is CC1=NN(c2ccccc2)C(=O)/C1=C/c1cn(C[C@@H](O)CN2CCc3ccccc32)c2ccccc12. The zero-order chi connectivity index (χ0) is 24.6. The molecule has 0 saturated heterocycles. The number of rotatable bonds is 6. The van der Waals surface area contributed by atoms with E-state index in [4.69, 9.17) is 0 Å². The van der Waals surface area contributed by atoms with Crippen molar-refractivity contribution in [3.8, 4) is 0 Å². The second-order valence-electron chi connectivity index (χ2n) is 9.43. The van der Waals surface area contributed by atoms with Gasteiger partial charge in [0.2, 0.25) is 0 Å². The molecule has 3 heterocycles. The van der Waals surface area contributed by atoms with Gasteiger partial charge in [-0.25, -0.2) is 0 Å². The summed E-state index contributed by atoms with van der Waals surface area (Å²) in [5.41, 5.74) is 6.55. The summed E-state index contributed by atoms with van der Waals surface area (Å²) < 4.78 is 2.09. The minimum Gasteiger partial charge on any atom is -0.389 e. The maximum Gasteiger partial charge on any atom is 0.280 e. The fourth-order valence-electron chi connectivity index (χ4n) is 5.26. The third-order valence-corrected chi connectivity index (χ3v) is 7.00. The van der Waals surface area contributed by atoms with E-state index < -0.39 is 6.10 Å². The van der Waals surface area contributed by atoms with Crippen LogP contribution in [0.3, 0.4) is 0 Å². The summed E-state index contributed by atoms with van der Waals surface area (Å²) in [5, 5.41) is 18.0. The van der Waals surface area contributed by atoms with Gasteiger partial charge in [0.25, 0.3) is 5.91 Å². The Morgan fingerprint density at radius 1 is 0.972 bits per heavy atom. The highest BCUT2D eigenvalue weighted by molar-refractivity contribution is 6.32. The number of hydrogen-bond donors (Lipinski definition) is 1. The molecule has 1 N–H and O–H groups in total. The summed E-state index contributed by atoms with van der Waals surface area (Å²) in [6.07, 6.45) is 4.44. The largest absolute Gasteiger partial charge is 0.389 e. The number of β-amino-alcohol motifs (C(OH)–C–C–N with tert-alkyl or cyclic N) is 1. The molecule has 6 rings (SSSR count). The molecule has 0 spiro atoms. The summed E-state index contributed by atoms with van der Waals surface area (Å²) in [5.74, 6) is -0.136. The van der Waals surface area contributed by atoms with E-state index in [1.165, 1.54) is 16.3 Å². The first-order chi connectivity index (χ1) is 17.6. The first-order valence-corrected chi connectivity index (χ1v) is 12.3. The zero-order valence-electron chi connectivity index (χ0n) is 20.2. The molecular weight excluding hydrogens is 448 g/mol. The van der Waals surface area contributed by atoms with Crippen LogP contribution in [0.4, 0.5) is 11.4 Å². The van der Waals surface area contributed by atoms with Crippen molar-refractivity contribution in [1.29, 1.82) is 0 Å². The van der Waals surface area contributed by atoms with Crippen LogP contribution in [-0.2, 0) is 17.8 Å². The topological polar surface area (TPSA) is 61.1 Å². The van der Waals surface area contributed by atoms with E-state index in [0.29, 0.717) is 24.4 Å². The number of aliphatic hydroxyl groups is 1. The van der Waals surface area contributed by atoms with Crippen molar-refractivity contribution >= 4 is 40.0 Å². The molecule has 0 bridgehead atoms. The van der Waals surface area contributed by atoms with Gasteiger partial charge in [0.05, 0.1) is 29.6 Å². The van der Waals surface area contributed by atoms with E-state index in [9.17, 15) is 9.90 Å². The van der Waals surface area contributed by atoms with Crippen LogP contribution in [0.25, 0.3) is 17.0 Å². The van der Waals surface area contributed by atoms with E-state index in [1.54, 1.807) is 0 Å². The number of carbonyl (C=O) groups is 1. The van der Waals surface area contributed by atoms with Crippen molar-refractivity contribution in [2.45, 2.75) is 26.0 Å². The predicted octanol–water partition coefficient (Wildman–Crippen LogP) is 4.87. The average molecular weight is 477 g/mol. The van der Waals surface area contributed by atoms with Gasteiger partial charge in [-0.1, -0.05) is 54.6 Å². The lowest BCUT2D eigenvalue weighted by Gasteiger charge is -2.23. The third kappa shape index (κ3) is 3.99. The smallest absolute Gasteiger partial charge is 0.280 e. The van der Waals surface area contributed by atoms with E-state index in [1.807, 2.05) is 61.7 Å². The lowest BCUT2D eigenvalue weighted by atomic mass is 10.1. The number of benzene rings is 3. The van der Waals surface area contributed by atoms with Crippen LogP contribution in [0, 0.1) is 0 Å². The molecule has 3 aromatic carbocycles. The molecule has 0 unspecified atom stereocenters. The van der Waals surface area contributed by atoms with Crippen molar-refractivity contribution < 1.29 is 9.90 Å². The van der Waals surface area contributed by atoms with E-state index in [2.05, 4.69) is 51.0 Å². The maximum atomic E-state index is 13.2. The molecule has 0 saturated carbocycles. The predicted molar refractivity (Wildman–Crippen MR) is 145 cm³/mol. The summed E-state index contributed by atoms with van der Waals surface area (Å²) >= 11 is 0. The van der Waals surface area contributed by atoms with Crippen LogP contribution in [0.15, 0.2) is 95.7 Å². The van der Waals surface area contributed by atoms with Crippen LogP contribution >= 0.6 is 0 Å². The van der Waals surface area contributed by atoms with Gasteiger partial charge in [-0.05, 0) is 49.2 Å². The van der Waals surface area contributed by atoms with E-state index >= 15 is 0 Å². The van der Waals surface area contributed by atoms with Gasteiger partial charge in [0.15, 0.2) is 0 Å². The first kappa shape index (κ1) is 22.3. The standard InChI is InChI=1S/C30H28N4O2/c1-21-27(30(36)34(31-21)24-10-3-2-4-11-24)17-23-18-33(29-14-8-6-12-26(23)29)20-25(35)19-32-16-15-22-9-5-7-13-28(22)32/h2-14,17-18,25,35H,15-16,19-20H2,1H3/b27-17+/t25-/m0/s1. The third-order valence-electron chi connectivity index (χ3n) is 7.00. The Morgan fingerprint density at radius 2 is 1.72 bits per heavy atom. The second-order valence-corrected chi connectivity index (χ2v) is 9.43. The minimum atomic E-state index is -0.530. The Labute approximate surface area is 210 Å². The van der Waals surface area contributed by atoms with Gasteiger partial charge in [-0.3, -0.25) is 4.79 Å². The molecule has 1 atom stereocenters. The summed E-state index contributed by atoms with van der Waals surface area (Å²) in [6, 6.07) is 26.0. The number of aromatic nitrogens is 1. The molecule has 4 aromatic rings. The number of anilines is 2. The van der Waals surface area contributed by atoms with Crippen molar-refractivity contribution in [1.82, 2.24) is 4.57 Å². The van der Waals surface area contributed by atoms with Gasteiger partial charge in [-0.2, -0.15) is 10.1 Å². The number of hydrazone groups is 1. The van der Waals surface area contributed by atoms with Crippen molar-refractivity contribution in [2.24, 2.45) is 5.10 Å². The number of para-hydroxylation sites is 3. The quantitative estimate of drug-likeness (QED) is 0.404. The highest BCUT2D eigenvalue weighted by Crippen LogP contribution is 2.30. The van der Waals surface area contributed by atoms with Crippen LogP contribution in [0.2, 0.25) is 0 Å². The molecular formula is C30H28N4O2. The highest BCUT2D eigenvalue weighted by Gasteiger charge is 2.29. The Morgan fingerprint density at radius 3 is 2.58 bits per heavy atom. The van der Waals surface area contributed by atoms with Crippen LogP contribution in [0.5, 0.6) is 0 Å². The van der Waals surface area contributed by atoms with Crippen molar-refractivity contribution in [3.63, 3.8) is 0 Å². The Bertz CT molecular complexity index is 1500. The Kier molecular flexibility index (Phi) is 5.66. The van der Waals surface area contributed by atoms with Crippen molar-refractivity contribution in [3.05, 3.63) is 102 Å². The van der Waals surface area contributed by atoms with Gasteiger partial charge in [-0.15, -0.1) is 0 Å². The lowest BCUT2D eigenvalue weighted by molar-refractivity contribution is -0.114. The molecule has 36 heavy (non-hydrogen) atoms. The molecule has 2 aliphatic heterocycles. The number of hydrogen-bond acceptors (Lipinski definition) is 4. The lowest BCUT2D eigenvalue weighted by Crippen LogP contribution is -2.33. The average Bonchev–Trinajstić information content (AvgIpc) is 3.55. The monoisotopic (exact) mass is 476 g/mol. The van der Waals surface area contributed by atoms with Crippen LogP contribution in [0.1, 0.15) is 18.1 Å². The second kappa shape index (κ2) is 9.13. The summed E-state index contributed by atoms with van der Waals surface area (Å²) in [4.78, 5) is 15.5. The summed E-state index contributed by atoms with van der Waals surface area (Å²) in [6.45, 7) is 3.85. The number of nitrogens with zero attached hydrogens (tertiary/aromatic N) is 4. The molecule has 6 heteroatoms. The fraction of sp³-hybridized carbons (Fsp3) is 0.200. The number of aliphatic hydroxyl groups excluding tert-OH is 1. The van der Waals surface area contributed by atoms with Gasteiger partial charge < -0.3 is 14.6 Å². The highest BCUT2D eigenvalue weighted by atomic mass is 16.3. The molecule has 180 valence electrons. The van der Waals surface area contributed by atoms with E-state index in [0.717, 1.165) is 35.1 Å². The molecule has 1 amide bonds. The summed E-state index contributed by atoms with van der Waals surface area (Å²) in [7, 11) is 0. The fourth-order valence-corrected chi connectivity index (χ4v) is 5.26. The molecule has 0 radical (unpaired) electrons. The van der Waals surface area contributed by atoms with Crippen LogP contribution in [-0.4, -0.2) is 40.5 Å². The maximum absolute atomic E-state index is 13.2. The van der Waals surface area contributed by atoms with Gasteiger partial charge >= 0.3 is 0 Å². The molecule has 0 aliphatic carbocycles. The zero-order valence-corrected chi connectivity index (χ0v) is 20.2. The normalized spacial score (nSPS) is 17.2. The first-order valence-electron chi connectivity index (χ1n) is 12.3. The molecule has 2 aliphatic rings. The van der Waals surface area contributed by atoms with Gasteiger partial charge in [0.1, 0.15) is 0 Å². The Hall–Kier alpha value is -4.16. The minimum absolute atomic E-state index is 0.136. The molecule has 6 nitrogen and oxygen atoms in total. The molecule has 0 fully saturated rings. The van der Waals surface area contributed by atoms with Gasteiger partial charge in [0, 0.05) is 41.4 Å². The number of amides is 1. The Balaban J connectivity index is 1.27.